The predicted octanol–water partition coefficient (Wildman–Crippen LogP) is 6.58. The lowest BCUT2D eigenvalue weighted by molar-refractivity contribution is -0.246. The van der Waals surface area contributed by atoms with Gasteiger partial charge in [-0.25, -0.2) is 0 Å². The summed E-state index contributed by atoms with van der Waals surface area (Å²) in [5, 5.41) is 0. The van der Waals surface area contributed by atoms with Gasteiger partial charge in [0, 0.05) is 5.57 Å². The second-order valence-electron chi connectivity index (χ2n) is 8.72. The van der Waals surface area contributed by atoms with Gasteiger partial charge in [0.15, 0.2) is 6.29 Å². The minimum absolute atomic E-state index is 0.322. The molecule has 1 aliphatic rings. The van der Waals surface area contributed by atoms with Gasteiger partial charge < -0.3 is 23.7 Å². The highest BCUT2D eigenvalue weighted by atomic mass is 79.9. The lowest BCUT2D eigenvalue weighted by Gasteiger charge is -2.42. The minimum Gasteiger partial charge on any atom is -0.374 e. The van der Waals surface area contributed by atoms with Crippen molar-refractivity contribution < 1.29 is 23.7 Å². The van der Waals surface area contributed by atoms with Crippen molar-refractivity contribution in [3.63, 3.8) is 0 Å². The summed E-state index contributed by atoms with van der Waals surface area (Å²) in [5.41, 5.74) is 4.06. The Balaban J connectivity index is 1.55. The number of halogens is 1. The largest absolute Gasteiger partial charge is 0.374 e. The zero-order valence-corrected chi connectivity index (χ0v) is 22.4. The summed E-state index contributed by atoms with van der Waals surface area (Å²) in [7, 11) is 0. The van der Waals surface area contributed by atoms with Gasteiger partial charge in [-0.1, -0.05) is 113 Å². The Bertz CT molecular complexity index is 1090. The second kappa shape index (κ2) is 15.0. The van der Waals surface area contributed by atoms with Gasteiger partial charge in [0.05, 0.1) is 33.0 Å². The lowest BCUT2D eigenvalue weighted by atomic mass is 9.96. The fourth-order valence-electron chi connectivity index (χ4n) is 4.15. The van der Waals surface area contributed by atoms with E-state index < -0.39 is 24.6 Å². The van der Waals surface area contributed by atoms with Crippen LogP contribution in [0.15, 0.2) is 114 Å². The van der Waals surface area contributed by atoms with E-state index in [0.29, 0.717) is 33.0 Å². The summed E-state index contributed by atoms with van der Waals surface area (Å²) >= 11 is 3.52. The Hall–Kier alpha value is -2.58. The maximum Gasteiger partial charge on any atom is 0.184 e. The van der Waals surface area contributed by atoms with Crippen LogP contribution in [0.4, 0.5) is 0 Å². The molecule has 1 aliphatic heterocycles. The van der Waals surface area contributed by atoms with E-state index >= 15 is 0 Å². The lowest BCUT2D eigenvalue weighted by Crippen LogP contribution is -2.54. The van der Waals surface area contributed by atoms with Crippen LogP contribution in [0.1, 0.15) is 16.7 Å². The molecule has 4 atom stereocenters. The molecule has 0 bridgehead atoms. The van der Waals surface area contributed by atoms with E-state index in [2.05, 4.69) is 22.5 Å². The highest BCUT2D eigenvalue weighted by molar-refractivity contribution is 9.11. The molecule has 6 heteroatoms. The van der Waals surface area contributed by atoms with Crippen LogP contribution in [0, 0.1) is 0 Å². The summed E-state index contributed by atoms with van der Waals surface area (Å²) < 4.78 is 31.5. The number of hydrogen-bond donors (Lipinski definition) is 0. The standard InChI is InChI=1S/C31H33BrO5/c1-2-18-34-31-27(19-32)29(35-21-25-14-8-4-9-15-25)30(36-22-26-16-10-5-11-17-26)28(37-31)23-33-20-24-12-6-3-7-13-24/h2-17,19,28-31H,1,18,20-23H2/b27-19+/t28-,29-,30-,31+/m1/s1. The van der Waals surface area contributed by atoms with E-state index in [1.165, 1.54) is 0 Å². The monoisotopic (exact) mass is 564 g/mol. The van der Waals surface area contributed by atoms with Crippen molar-refractivity contribution in [2.75, 3.05) is 13.2 Å². The Morgan fingerprint density at radius 3 is 1.81 bits per heavy atom. The van der Waals surface area contributed by atoms with E-state index in [9.17, 15) is 0 Å². The average Bonchev–Trinajstić information content (AvgIpc) is 2.95. The SMILES string of the molecule is C=CCO[C@H]1O[C@H](COCc2ccccc2)[C@@H](OCc2ccccc2)[C@H](OCc2ccccc2)/C1=C\Br. The molecule has 1 fully saturated rings. The van der Waals surface area contributed by atoms with Crippen molar-refractivity contribution in [1.29, 1.82) is 0 Å². The van der Waals surface area contributed by atoms with Crippen LogP contribution in [-0.2, 0) is 43.5 Å². The fraction of sp³-hybridized carbons (Fsp3) is 0.290. The molecule has 0 aromatic heterocycles. The minimum atomic E-state index is -0.625. The van der Waals surface area contributed by atoms with Gasteiger partial charge in [0.1, 0.15) is 18.3 Å². The van der Waals surface area contributed by atoms with Crippen LogP contribution in [0.2, 0.25) is 0 Å². The van der Waals surface area contributed by atoms with Crippen molar-refractivity contribution in [2.45, 2.75) is 44.4 Å². The molecule has 0 amide bonds. The number of hydrogen-bond acceptors (Lipinski definition) is 5. The van der Waals surface area contributed by atoms with Crippen LogP contribution >= 0.6 is 15.9 Å². The maximum absolute atomic E-state index is 6.51. The Morgan fingerprint density at radius 1 is 0.730 bits per heavy atom. The van der Waals surface area contributed by atoms with E-state index in [0.717, 1.165) is 22.3 Å². The molecule has 0 saturated carbocycles. The molecule has 0 N–H and O–H groups in total. The quantitative estimate of drug-likeness (QED) is 0.219. The molecule has 5 nitrogen and oxygen atoms in total. The first-order chi connectivity index (χ1) is 18.3. The van der Waals surface area contributed by atoms with E-state index in [1.807, 2.05) is 96.0 Å². The molecule has 3 aromatic rings. The van der Waals surface area contributed by atoms with Gasteiger partial charge in [0.25, 0.3) is 0 Å². The van der Waals surface area contributed by atoms with Gasteiger partial charge in [0.2, 0.25) is 0 Å². The summed E-state index contributed by atoms with van der Waals surface area (Å²) in [4.78, 5) is 1.82. The van der Waals surface area contributed by atoms with Crippen molar-refractivity contribution >= 4 is 15.9 Å². The summed E-state index contributed by atoms with van der Waals surface area (Å²) in [5.74, 6) is 0. The van der Waals surface area contributed by atoms with Crippen LogP contribution in [-0.4, -0.2) is 37.8 Å². The van der Waals surface area contributed by atoms with Crippen LogP contribution in [0.25, 0.3) is 0 Å². The second-order valence-corrected chi connectivity index (χ2v) is 9.17. The molecule has 0 aliphatic carbocycles. The topological polar surface area (TPSA) is 46.2 Å². The number of rotatable bonds is 13. The van der Waals surface area contributed by atoms with Gasteiger partial charge in [-0.2, -0.15) is 0 Å². The maximum atomic E-state index is 6.51. The zero-order chi connectivity index (χ0) is 25.7. The third-order valence-corrected chi connectivity index (χ3v) is 6.54. The molecule has 0 radical (unpaired) electrons. The third-order valence-electron chi connectivity index (χ3n) is 6.01. The molecule has 194 valence electrons. The molecular formula is C31H33BrO5. The van der Waals surface area contributed by atoms with Crippen LogP contribution in [0.3, 0.4) is 0 Å². The molecule has 3 aromatic carbocycles. The Kier molecular flexibility index (Phi) is 11.1. The first-order valence-corrected chi connectivity index (χ1v) is 13.3. The molecule has 0 unspecified atom stereocenters. The van der Waals surface area contributed by atoms with Gasteiger partial charge >= 0.3 is 0 Å². The highest BCUT2D eigenvalue weighted by Crippen LogP contribution is 2.33. The van der Waals surface area contributed by atoms with Crippen molar-refractivity contribution in [1.82, 2.24) is 0 Å². The zero-order valence-electron chi connectivity index (χ0n) is 20.8. The predicted molar refractivity (Wildman–Crippen MR) is 148 cm³/mol. The molecule has 37 heavy (non-hydrogen) atoms. The number of benzene rings is 3. The van der Waals surface area contributed by atoms with Gasteiger partial charge in [-0.05, 0) is 21.7 Å². The summed E-state index contributed by atoms with van der Waals surface area (Å²) in [6.07, 6.45) is -0.183. The first kappa shape index (κ1) is 27.5. The Labute approximate surface area is 227 Å². The number of ether oxygens (including phenoxy) is 5. The summed E-state index contributed by atoms with van der Waals surface area (Å²) in [6.45, 7) is 5.76. The van der Waals surface area contributed by atoms with E-state index in [4.69, 9.17) is 23.7 Å². The van der Waals surface area contributed by atoms with Crippen molar-refractivity contribution in [3.8, 4) is 0 Å². The van der Waals surface area contributed by atoms with Crippen molar-refractivity contribution in [3.05, 3.63) is 131 Å². The third kappa shape index (κ3) is 8.20. The van der Waals surface area contributed by atoms with E-state index in [1.54, 1.807) is 6.08 Å². The molecule has 0 spiro atoms. The first-order valence-electron chi connectivity index (χ1n) is 12.4. The molecule has 1 heterocycles. The Morgan fingerprint density at radius 2 is 1.27 bits per heavy atom. The van der Waals surface area contributed by atoms with Gasteiger partial charge in [-0.15, -0.1) is 6.58 Å². The summed E-state index contributed by atoms with van der Waals surface area (Å²) in [6, 6.07) is 30.2. The normalized spacial score (nSPS) is 22.7. The fourth-order valence-corrected chi connectivity index (χ4v) is 4.63. The van der Waals surface area contributed by atoms with Crippen molar-refractivity contribution in [2.24, 2.45) is 0 Å². The average molecular weight is 566 g/mol. The van der Waals surface area contributed by atoms with Gasteiger partial charge in [-0.3, -0.25) is 0 Å². The molecule has 4 rings (SSSR count). The molecular weight excluding hydrogens is 532 g/mol. The van der Waals surface area contributed by atoms with E-state index in [-0.39, 0.29) is 0 Å². The van der Waals surface area contributed by atoms with Crippen LogP contribution in [0.5, 0.6) is 0 Å². The highest BCUT2D eigenvalue weighted by Gasteiger charge is 2.44. The van der Waals surface area contributed by atoms with Crippen LogP contribution < -0.4 is 0 Å². The molecule has 1 saturated heterocycles. The smallest absolute Gasteiger partial charge is 0.184 e.